The largest absolute Gasteiger partial charge is 0.327 e. The van der Waals surface area contributed by atoms with Gasteiger partial charge in [-0.25, -0.2) is 0 Å². The van der Waals surface area contributed by atoms with Crippen LogP contribution < -0.4 is 5.73 Å². The van der Waals surface area contributed by atoms with E-state index in [1.54, 1.807) is 0 Å². The highest BCUT2D eigenvalue weighted by Gasteiger charge is 2.38. The Hall–Kier alpha value is -0.0800. The lowest BCUT2D eigenvalue weighted by atomic mass is 9.82. The summed E-state index contributed by atoms with van der Waals surface area (Å²) in [5, 5.41) is 0. The molecule has 1 rings (SSSR count). The van der Waals surface area contributed by atoms with E-state index in [4.69, 9.17) is 5.73 Å². The Morgan fingerprint density at radius 1 is 1.40 bits per heavy atom. The van der Waals surface area contributed by atoms with Crippen LogP contribution in [0.25, 0.3) is 0 Å². The Balaban J connectivity index is 2.55. The molecule has 1 aliphatic rings. The van der Waals surface area contributed by atoms with Crippen LogP contribution in [-0.4, -0.2) is 30.6 Å². The molecule has 0 amide bonds. The molecule has 0 aliphatic heterocycles. The quantitative estimate of drug-likeness (QED) is 0.775. The highest BCUT2D eigenvalue weighted by Crippen LogP contribution is 2.39. The summed E-state index contributed by atoms with van der Waals surface area (Å²) in [7, 11) is 2.23. The first kappa shape index (κ1) is 13.0. The minimum atomic E-state index is 0.240. The summed E-state index contributed by atoms with van der Waals surface area (Å²) in [6.07, 6.45) is 1.40. The van der Waals surface area contributed by atoms with Crippen LogP contribution in [0.2, 0.25) is 0 Å². The Morgan fingerprint density at radius 3 is 2.13 bits per heavy atom. The number of nitrogens with zero attached hydrogens (tertiary/aromatic N) is 1. The van der Waals surface area contributed by atoms with Crippen molar-refractivity contribution in [1.29, 1.82) is 0 Å². The molecule has 15 heavy (non-hydrogen) atoms. The van der Waals surface area contributed by atoms with Gasteiger partial charge < -0.3 is 10.6 Å². The molecule has 4 unspecified atom stereocenters. The van der Waals surface area contributed by atoms with E-state index in [0.29, 0.717) is 6.04 Å². The second-order valence-electron chi connectivity index (χ2n) is 6.58. The molecule has 1 fully saturated rings. The Bertz CT molecular complexity index is 205. The topological polar surface area (TPSA) is 29.3 Å². The lowest BCUT2D eigenvalue weighted by Crippen LogP contribution is -2.52. The molecule has 2 N–H and O–H groups in total. The lowest BCUT2D eigenvalue weighted by molar-refractivity contribution is 0.101. The van der Waals surface area contributed by atoms with Crippen LogP contribution in [0.3, 0.4) is 0 Å². The van der Waals surface area contributed by atoms with Crippen molar-refractivity contribution in [3.63, 3.8) is 0 Å². The van der Waals surface area contributed by atoms with Crippen molar-refractivity contribution >= 4 is 0 Å². The third-order valence-corrected chi connectivity index (χ3v) is 3.66. The van der Waals surface area contributed by atoms with Crippen molar-refractivity contribution in [1.82, 2.24) is 4.90 Å². The number of likely N-dealkylation sites (N-methyl/N-ethyl adjacent to an activating group) is 1. The van der Waals surface area contributed by atoms with Crippen molar-refractivity contribution in [3.05, 3.63) is 0 Å². The van der Waals surface area contributed by atoms with E-state index in [1.165, 1.54) is 13.0 Å². The predicted molar refractivity (Wildman–Crippen MR) is 66.8 cm³/mol. The summed E-state index contributed by atoms with van der Waals surface area (Å²) in [6, 6.07) is 0.717. The molecule has 0 saturated heterocycles. The molecule has 1 aliphatic carbocycles. The first-order valence-electron chi connectivity index (χ1n) is 6.19. The zero-order valence-electron chi connectivity index (χ0n) is 11.2. The van der Waals surface area contributed by atoms with Gasteiger partial charge in [0, 0.05) is 18.6 Å². The second-order valence-corrected chi connectivity index (χ2v) is 6.58. The van der Waals surface area contributed by atoms with E-state index in [-0.39, 0.29) is 11.5 Å². The molecule has 0 heterocycles. The maximum atomic E-state index is 6.11. The normalized spacial score (nSPS) is 30.4. The van der Waals surface area contributed by atoms with Crippen LogP contribution in [0.1, 0.15) is 41.0 Å². The molecule has 90 valence electrons. The summed E-state index contributed by atoms with van der Waals surface area (Å²) < 4.78 is 0. The molecule has 1 saturated carbocycles. The fourth-order valence-corrected chi connectivity index (χ4v) is 2.99. The van der Waals surface area contributed by atoms with E-state index in [9.17, 15) is 0 Å². The number of rotatable bonds is 4. The van der Waals surface area contributed by atoms with Gasteiger partial charge in [-0.2, -0.15) is 0 Å². The molecule has 0 radical (unpaired) electrons. The average molecular weight is 212 g/mol. The Kier molecular flexibility index (Phi) is 3.83. The van der Waals surface area contributed by atoms with E-state index >= 15 is 0 Å². The van der Waals surface area contributed by atoms with Crippen molar-refractivity contribution in [2.75, 3.05) is 13.6 Å². The standard InChI is InChI=1S/C13H28N2/c1-9-7-11(9)8-15(6)12(10(2)14)13(3,4)5/h9-12H,7-8,14H2,1-6H3. The molecule has 0 aromatic carbocycles. The fraction of sp³-hybridized carbons (Fsp3) is 1.00. The van der Waals surface area contributed by atoms with Crippen molar-refractivity contribution < 1.29 is 0 Å². The number of nitrogens with two attached hydrogens (primary N) is 1. The van der Waals surface area contributed by atoms with Crippen LogP contribution >= 0.6 is 0 Å². The number of hydrogen-bond acceptors (Lipinski definition) is 2. The van der Waals surface area contributed by atoms with Gasteiger partial charge in [-0.05, 0) is 37.6 Å². The highest BCUT2D eigenvalue weighted by atomic mass is 15.2. The molecular formula is C13H28N2. The first-order chi connectivity index (χ1) is 6.73. The first-order valence-corrected chi connectivity index (χ1v) is 6.19. The van der Waals surface area contributed by atoms with E-state index in [1.807, 2.05) is 0 Å². The number of hydrogen-bond donors (Lipinski definition) is 1. The van der Waals surface area contributed by atoms with E-state index < -0.39 is 0 Å². The minimum Gasteiger partial charge on any atom is -0.327 e. The van der Waals surface area contributed by atoms with Gasteiger partial charge in [-0.1, -0.05) is 27.7 Å². The van der Waals surface area contributed by atoms with Gasteiger partial charge in [0.05, 0.1) is 0 Å². The van der Waals surface area contributed by atoms with E-state index in [2.05, 4.69) is 46.6 Å². The van der Waals surface area contributed by atoms with Crippen LogP contribution in [0.5, 0.6) is 0 Å². The minimum absolute atomic E-state index is 0.240. The smallest absolute Gasteiger partial charge is 0.0289 e. The molecule has 4 atom stereocenters. The van der Waals surface area contributed by atoms with Crippen molar-refractivity contribution in [2.45, 2.75) is 53.1 Å². The second kappa shape index (κ2) is 4.42. The Labute approximate surface area is 95.2 Å². The van der Waals surface area contributed by atoms with Gasteiger partial charge in [0.2, 0.25) is 0 Å². The SMILES string of the molecule is CC(N)C(N(C)CC1CC1C)C(C)(C)C. The summed E-state index contributed by atoms with van der Waals surface area (Å²) >= 11 is 0. The lowest BCUT2D eigenvalue weighted by Gasteiger charge is -2.41. The molecule has 0 bridgehead atoms. The van der Waals surface area contributed by atoms with Gasteiger partial charge in [-0.3, -0.25) is 0 Å². The summed E-state index contributed by atoms with van der Waals surface area (Å²) in [6.45, 7) is 12.5. The molecule has 0 spiro atoms. The van der Waals surface area contributed by atoms with Gasteiger partial charge in [0.25, 0.3) is 0 Å². The van der Waals surface area contributed by atoms with Gasteiger partial charge in [0.1, 0.15) is 0 Å². The van der Waals surface area contributed by atoms with Gasteiger partial charge >= 0.3 is 0 Å². The van der Waals surface area contributed by atoms with Crippen LogP contribution in [0, 0.1) is 17.3 Å². The molecule has 0 aromatic heterocycles. The van der Waals surface area contributed by atoms with Crippen LogP contribution in [0.4, 0.5) is 0 Å². The van der Waals surface area contributed by atoms with Crippen molar-refractivity contribution in [3.8, 4) is 0 Å². The van der Waals surface area contributed by atoms with Gasteiger partial charge in [0.15, 0.2) is 0 Å². The zero-order valence-corrected chi connectivity index (χ0v) is 11.2. The fourth-order valence-electron chi connectivity index (χ4n) is 2.99. The molecule has 2 nitrogen and oxygen atoms in total. The zero-order chi connectivity index (χ0) is 11.8. The third-order valence-electron chi connectivity index (χ3n) is 3.66. The highest BCUT2D eigenvalue weighted by molar-refractivity contribution is 4.92. The summed E-state index contributed by atoms with van der Waals surface area (Å²) in [5.74, 6) is 1.85. The van der Waals surface area contributed by atoms with Crippen molar-refractivity contribution in [2.24, 2.45) is 23.0 Å². The van der Waals surface area contributed by atoms with Crippen LogP contribution in [-0.2, 0) is 0 Å². The maximum absolute atomic E-state index is 6.11. The Morgan fingerprint density at radius 2 is 1.87 bits per heavy atom. The summed E-state index contributed by atoms with van der Waals surface area (Å²) in [5.41, 5.74) is 6.38. The maximum Gasteiger partial charge on any atom is 0.0289 e. The monoisotopic (exact) mass is 212 g/mol. The van der Waals surface area contributed by atoms with Crippen LogP contribution in [0.15, 0.2) is 0 Å². The average Bonchev–Trinajstić information content (AvgIpc) is 2.60. The molecule has 0 aromatic rings. The molecule has 2 heteroatoms. The van der Waals surface area contributed by atoms with Gasteiger partial charge in [-0.15, -0.1) is 0 Å². The third kappa shape index (κ3) is 3.46. The predicted octanol–water partition coefficient (Wildman–Crippen LogP) is 2.34. The molecular weight excluding hydrogens is 184 g/mol. The summed E-state index contributed by atoms with van der Waals surface area (Å²) in [4.78, 5) is 2.47. The van der Waals surface area contributed by atoms with E-state index in [0.717, 1.165) is 11.8 Å².